The lowest BCUT2D eigenvalue weighted by molar-refractivity contribution is 0.0558. The normalized spacial score (nSPS) is 16.5. The van der Waals surface area contributed by atoms with Gasteiger partial charge in [-0.3, -0.25) is 9.48 Å². The van der Waals surface area contributed by atoms with Gasteiger partial charge in [0.05, 0.1) is 19.0 Å². The molecule has 0 N–H and O–H groups in total. The Morgan fingerprint density at radius 1 is 1.29 bits per heavy atom. The van der Waals surface area contributed by atoms with Crippen molar-refractivity contribution in [2.24, 2.45) is 7.05 Å². The third kappa shape index (κ3) is 4.50. The zero-order chi connectivity index (χ0) is 21.8. The van der Waals surface area contributed by atoms with Crippen molar-refractivity contribution in [3.05, 3.63) is 65.1 Å². The number of rotatable bonds is 7. The number of aromatic nitrogens is 3. The topological polar surface area (TPSA) is 73.4 Å². The highest BCUT2D eigenvalue weighted by atomic mass is 16.5. The summed E-state index contributed by atoms with van der Waals surface area (Å²) in [6.07, 6.45) is 7.11. The first-order valence-electron chi connectivity index (χ1n) is 11.0. The number of likely N-dealkylation sites (tertiary alicyclic amines) is 1. The SMILES string of the molecule is CCCc1cc(C(=O)N2CCCC[C@@H]2c2ncc(Cc3ccccc3OC)o2)n(C)n1. The zero-order valence-corrected chi connectivity index (χ0v) is 18.5. The molecule has 7 nitrogen and oxygen atoms in total. The molecule has 1 aliphatic heterocycles. The highest BCUT2D eigenvalue weighted by Gasteiger charge is 2.33. The molecule has 0 unspecified atom stereocenters. The summed E-state index contributed by atoms with van der Waals surface area (Å²) in [5, 5.41) is 4.50. The molecule has 2 aromatic heterocycles. The Kier molecular flexibility index (Phi) is 6.39. The highest BCUT2D eigenvalue weighted by molar-refractivity contribution is 5.93. The second kappa shape index (κ2) is 9.37. The summed E-state index contributed by atoms with van der Waals surface area (Å²) in [5.41, 5.74) is 2.62. The number of hydrogen-bond donors (Lipinski definition) is 0. The monoisotopic (exact) mass is 422 g/mol. The predicted octanol–water partition coefficient (Wildman–Crippen LogP) is 4.33. The number of oxazole rings is 1. The molecule has 0 bridgehead atoms. The lowest BCUT2D eigenvalue weighted by Crippen LogP contribution is -2.39. The van der Waals surface area contributed by atoms with E-state index in [2.05, 4.69) is 17.0 Å². The van der Waals surface area contributed by atoms with E-state index < -0.39 is 0 Å². The van der Waals surface area contributed by atoms with E-state index in [1.165, 1.54) is 0 Å². The van der Waals surface area contributed by atoms with Crippen LogP contribution in [0.4, 0.5) is 0 Å². The molecule has 31 heavy (non-hydrogen) atoms. The molecule has 0 spiro atoms. The molecule has 1 amide bonds. The maximum atomic E-state index is 13.4. The number of carbonyl (C=O) groups excluding carboxylic acids is 1. The zero-order valence-electron chi connectivity index (χ0n) is 18.5. The third-order valence-electron chi connectivity index (χ3n) is 5.83. The first kappa shape index (κ1) is 21.2. The number of piperidine rings is 1. The van der Waals surface area contributed by atoms with Crippen LogP contribution in [0.2, 0.25) is 0 Å². The summed E-state index contributed by atoms with van der Waals surface area (Å²) >= 11 is 0. The minimum atomic E-state index is -0.155. The smallest absolute Gasteiger partial charge is 0.272 e. The van der Waals surface area contributed by atoms with E-state index in [0.717, 1.165) is 54.9 Å². The molecule has 1 fully saturated rings. The molecule has 3 heterocycles. The van der Waals surface area contributed by atoms with Gasteiger partial charge in [-0.1, -0.05) is 31.5 Å². The van der Waals surface area contributed by atoms with Crippen LogP contribution in [0.5, 0.6) is 5.75 Å². The van der Waals surface area contributed by atoms with E-state index in [1.54, 1.807) is 18.0 Å². The van der Waals surface area contributed by atoms with Gasteiger partial charge < -0.3 is 14.1 Å². The van der Waals surface area contributed by atoms with Gasteiger partial charge in [0.1, 0.15) is 23.2 Å². The van der Waals surface area contributed by atoms with Gasteiger partial charge in [-0.2, -0.15) is 5.10 Å². The minimum Gasteiger partial charge on any atom is -0.496 e. The summed E-state index contributed by atoms with van der Waals surface area (Å²) in [4.78, 5) is 19.8. The van der Waals surface area contributed by atoms with Crippen molar-refractivity contribution in [1.82, 2.24) is 19.7 Å². The maximum absolute atomic E-state index is 13.4. The summed E-state index contributed by atoms with van der Waals surface area (Å²) in [5.74, 6) is 2.19. The Labute approximate surface area is 183 Å². The Bertz CT molecular complexity index is 1040. The fourth-order valence-electron chi connectivity index (χ4n) is 4.28. The van der Waals surface area contributed by atoms with Gasteiger partial charge >= 0.3 is 0 Å². The molecule has 0 saturated carbocycles. The van der Waals surface area contributed by atoms with Crippen LogP contribution in [-0.4, -0.2) is 39.2 Å². The van der Waals surface area contributed by atoms with Crippen LogP contribution in [-0.2, 0) is 19.9 Å². The van der Waals surface area contributed by atoms with E-state index in [4.69, 9.17) is 9.15 Å². The van der Waals surface area contributed by atoms with Gasteiger partial charge in [0.15, 0.2) is 0 Å². The molecule has 1 saturated heterocycles. The van der Waals surface area contributed by atoms with Crippen LogP contribution >= 0.6 is 0 Å². The van der Waals surface area contributed by atoms with Crippen molar-refractivity contribution in [3.8, 4) is 5.75 Å². The van der Waals surface area contributed by atoms with Crippen LogP contribution in [0.1, 0.15) is 72.0 Å². The molecule has 164 valence electrons. The molecule has 1 aromatic carbocycles. The number of carbonyl (C=O) groups is 1. The standard InChI is InChI=1S/C24H30N4O3/c1-4-9-18-15-21(27(2)26-18)24(29)28-13-8-7-11-20(28)23-25-16-19(31-23)14-17-10-5-6-12-22(17)30-3/h5-6,10,12,15-16,20H,4,7-9,11,13-14H2,1-3H3/t20-/m1/s1. The average Bonchev–Trinajstić information content (AvgIpc) is 3.40. The van der Waals surface area contributed by atoms with E-state index in [1.807, 2.05) is 42.3 Å². The molecule has 4 rings (SSSR count). The Morgan fingerprint density at radius 3 is 2.94 bits per heavy atom. The number of aryl methyl sites for hydroxylation is 2. The van der Waals surface area contributed by atoms with Gasteiger partial charge in [-0.15, -0.1) is 0 Å². The van der Waals surface area contributed by atoms with Gasteiger partial charge in [0.2, 0.25) is 5.89 Å². The van der Waals surface area contributed by atoms with Crippen LogP contribution in [0.15, 0.2) is 40.9 Å². The number of para-hydroxylation sites is 1. The summed E-state index contributed by atoms with van der Waals surface area (Å²) in [6, 6.07) is 9.65. The summed E-state index contributed by atoms with van der Waals surface area (Å²) in [6.45, 7) is 2.81. The quantitative estimate of drug-likeness (QED) is 0.567. The molecule has 1 aliphatic rings. The van der Waals surface area contributed by atoms with Crippen LogP contribution < -0.4 is 4.74 Å². The minimum absolute atomic E-state index is 0.00784. The van der Waals surface area contributed by atoms with Crippen LogP contribution in [0, 0.1) is 0 Å². The van der Waals surface area contributed by atoms with Crippen molar-refractivity contribution in [3.63, 3.8) is 0 Å². The van der Waals surface area contributed by atoms with E-state index in [9.17, 15) is 4.79 Å². The maximum Gasteiger partial charge on any atom is 0.272 e. The number of methoxy groups -OCH3 is 1. The van der Waals surface area contributed by atoms with E-state index in [0.29, 0.717) is 24.6 Å². The number of hydrogen-bond acceptors (Lipinski definition) is 5. The van der Waals surface area contributed by atoms with E-state index in [-0.39, 0.29) is 11.9 Å². The van der Waals surface area contributed by atoms with Crippen molar-refractivity contribution in [2.45, 2.75) is 51.5 Å². The number of amides is 1. The lowest BCUT2D eigenvalue weighted by Gasteiger charge is -2.33. The van der Waals surface area contributed by atoms with Crippen molar-refractivity contribution >= 4 is 5.91 Å². The summed E-state index contributed by atoms with van der Waals surface area (Å²) in [7, 11) is 3.50. The molecular weight excluding hydrogens is 392 g/mol. The summed E-state index contributed by atoms with van der Waals surface area (Å²) < 4.78 is 13.3. The molecule has 0 aliphatic carbocycles. The second-order valence-electron chi connectivity index (χ2n) is 8.06. The van der Waals surface area contributed by atoms with Crippen LogP contribution in [0.25, 0.3) is 0 Å². The fraction of sp³-hybridized carbons (Fsp3) is 0.458. The van der Waals surface area contributed by atoms with Gasteiger partial charge in [-0.05, 0) is 37.8 Å². The average molecular weight is 423 g/mol. The Hall–Kier alpha value is -3.09. The highest BCUT2D eigenvalue weighted by Crippen LogP contribution is 2.32. The number of nitrogens with zero attached hydrogens (tertiary/aromatic N) is 4. The van der Waals surface area contributed by atoms with Crippen molar-refractivity contribution in [2.75, 3.05) is 13.7 Å². The van der Waals surface area contributed by atoms with E-state index >= 15 is 0 Å². The molecule has 7 heteroatoms. The van der Waals surface area contributed by atoms with Gasteiger partial charge in [0, 0.05) is 25.6 Å². The Balaban J connectivity index is 1.55. The Morgan fingerprint density at radius 2 is 2.13 bits per heavy atom. The van der Waals surface area contributed by atoms with Crippen molar-refractivity contribution in [1.29, 1.82) is 0 Å². The van der Waals surface area contributed by atoms with Crippen LogP contribution in [0.3, 0.4) is 0 Å². The molecule has 0 radical (unpaired) electrons. The largest absolute Gasteiger partial charge is 0.496 e. The van der Waals surface area contributed by atoms with Gasteiger partial charge in [-0.25, -0.2) is 4.98 Å². The molecule has 3 aromatic rings. The molecular formula is C24H30N4O3. The first-order chi connectivity index (χ1) is 15.1. The molecule has 1 atom stereocenters. The lowest BCUT2D eigenvalue weighted by atomic mass is 10.0. The predicted molar refractivity (Wildman–Crippen MR) is 117 cm³/mol. The van der Waals surface area contributed by atoms with Gasteiger partial charge in [0.25, 0.3) is 5.91 Å². The first-order valence-corrected chi connectivity index (χ1v) is 11.0. The number of benzene rings is 1. The third-order valence-corrected chi connectivity index (χ3v) is 5.83. The van der Waals surface area contributed by atoms with Crippen molar-refractivity contribution < 1.29 is 13.9 Å². The number of ether oxygens (including phenoxy) is 1. The fourth-order valence-corrected chi connectivity index (χ4v) is 4.28. The second-order valence-corrected chi connectivity index (χ2v) is 8.06.